The Morgan fingerprint density at radius 3 is 1.14 bits per heavy atom. The van der Waals surface area contributed by atoms with Crippen molar-refractivity contribution in [2.45, 2.75) is 228 Å². The zero-order chi connectivity index (χ0) is 92.0. The summed E-state index contributed by atoms with van der Waals surface area (Å²) in [5.41, 5.74) is 17.5. The topological polar surface area (TPSA) is 599 Å². The molecule has 126 heavy (non-hydrogen) atoms. The molecule has 726 valence electrons. The molecule has 1 aromatic rings. The van der Waals surface area contributed by atoms with Crippen LogP contribution < -0.4 is 49.1 Å². The van der Waals surface area contributed by atoms with Gasteiger partial charge in [0.15, 0.2) is 24.7 Å². The molecule has 44 heteroatoms. The van der Waals surface area contributed by atoms with E-state index in [0.717, 1.165) is 44.1 Å². The van der Waals surface area contributed by atoms with E-state index in [2.05, 4.69) is 31.9 Å². The van der Waals surface area contributed by atoms with Crippen LogP contribution in [0.5, 0.6) is 0 Å². The lowest BCUT2D eigenvalue weighted by molar-refractivity contribution is -0.268. The zero-order valence-electron chi connectivity index (χ0n) is 73.7. The smallest absolute Gasteiger partial charge is 0.407 e. The number of carbonyl (C=O) groups is 9. The number of aliphatic hydroxyl groups excluding tert-OH is 5. The minimum Gasteiger partial charge on any atom is -0.463 e. The number of nitrogens with one attached hydrogen (secondary N) is 6. The Bertz CT molecular complexity index is 3040. The average molecular weight is 1820 g/mol. The number of nitrogens with two attached hydrogens (primary N) is 3. The van der Waals surface area contributed by atoms with Crippen LogP contribution in [0.4, 0.5) is 4.79 Å². The van der Waals surface area contributed by atoms with E-state index in [4.69, 9.17) is 117 Å². The molecule has 0 saturated carbocycles. The molecular weight excluding hydrogens is 1670 g/mol. The van der Waals surface area contributed by atoms with Crippen molar-refractivity contribution in [1.82, 2.24) is 31.9 Å². The highest BCUT2D eigenvalue weighted by atomic mass is 16.7. The molecule has 0 aromatic heterocycles. The third-order valence-corrected chi connectivity index (χ3v) is 19.2. The van der Waals surface area contributed by atoms with Crippen LogP contribution in [0.1, 0.15) is 130 Å². The first-order valence-electron chi connectivity index (χ1n) is 43.3. The van der Waals surface area contributed by atoms with E-state index in [1.165, 1.54) is 20.8 Å². The van der Waals surface area contributed by atoms with Gasteiger partial charge in [0.05, 0.1) is 182 Å². The van der Waals surface area contributed by atoms with Crippen LogP contribution in [0, 0.1) is 0 Å². The molecule has 17 N–H and O–H groups in total. The van der Waals surface area contributed by atoms with Gasteiger partial charge < -0.3 is 174 Å². The maximum atomic E-state index is 14.1. The third-order valence-electron chi connectivity index (χ3n) is 19.2. The fourth-order valence-electron chi connectivity index (χ4n) is 12.3. The fourth-order valence-corrected chi connectivity index (χ4v) is 12.3. The number of aliphatic hydroxyl groups is 5. The number of amides is 6. The first-order chi connectivity index (χ1) is 60.6. The molecule has 3 fully saturated rings. The van der Waals surface area contributed by atoms with Crippen LogP contribution in [-0.2, 0) is 144 Å². The molecular formula is C82H143N9O35. The summed E-state index contributed by atoms with van der Waals surface area (Å²) in [5.74, 6) is -4.17. The number of hydrogen-bond donors (Lipinski definition) is 14. The molecule has 4 rings (SSSR count). The Morgan fingerprint density at radius 1 is 0.381 bits per heavy atom. The standard InChI is InChI=1S/C82H143N9O35/c1-57(92)118-51-61-49-62(95)70(83)77(124-61)115-46-43-109-40-37-106-32-24-86-66(97)21-29-112-54-82(55-113-30-22-67(98)87-25-33-107-38-41-110-44-47-116-78-71(84)75(103)73(101)63(125-78)52-119-58(2)93,56-114-31-23-68(99)88-26-34-108-39-42-111-45-48-117-79-72(85)76(104)74(102)64(126-79)53-120-59(3)94)91-69(100)20-16-11-9-7-6-8-10-15-19-65(96)89-27-35-122-81(4,5)123-36-28-90-80(105)121-50-60-17-13-12-14-18-60/h12-14,17-18,61-64,70-79,95,101-104H,6-11,15-16,19-56,83-85H2,1-5H3,(H,86,97)(H,87,98)(H,88,99)(H,89,96)(H,90,105)(H,91,100). The average Bonchev–Trinajstić information content (AvgIpc) is 0.824. The van der Waals surface area contributed by atoms with E-state index in [9.17, 15) is 68.7 Å². The van der Waals surface area contributed by atoms with Crippen molar-refractivity contribution in [3.05, 3.63) is 35.9 Å². The van der Waals surface area contributed by atoms with Crippen LogP contribution in [0.25, 0.3) is 0 Å². The predicted molar refractivity (Wildman–Crippen MR) is 443 cm³/mol. The molecule has 1 aromatic carbocycles. The van der Waals surface area contributed by atoms with E-state index in [1.807, 2.05) is 30.3 Å². The summed E-state index contributed by atoms with van der Waals surface area (Å²) in [7, 11) is 0. The minimum atomic E-state index is -1.41. The summed E-state index contributed by atoms with van der Waals surface area (Å²) in [6.07, 6.45) is -6.11. The van der Waals surface area contributed by atoms with Gasteiger partial charge in [-0.1, -0.05) is 68.9 Å². The van der Waals surface area contributed by atoms with Gasteiger partial charge in [-0.05, 0) is 32.3 Å². The van der Waals surface area contributed by atoms with Crippen molar-refractivity contribution in [3.63, 3.8) is 0 Å². The number of rotatable bonds is 73. The van der Waals surface area contributed by atoms with Gasteiger partial charge in [-0.3, -0.25) is 38.4 Å². The van der Waals surface area contributed by atoms with Gasteiger partial charge >= 0.3 is 24.0 Å². The fraction of sp³-hybridized carbons (Fsp3) is 0.817. The molecule has 0 spiro atoms. The van der Waals surface area contributed by atoms with Gasteiger partial charge in [0, 0.05) is 92.0 Å². The lowest BCUT2D eigenvalue weighted by Gasteiger charge is -2.40. The number of alkyl carbamates (subject to hydrolysis) is 1. The van der Waals surface area contributed by atoms with Crippen molar-refractivity contribution in [2.75, 3.05) is 205 Å². The highest BCUT2D eigenvalue weighted by molar-refractivity contribution is 5.78. The van der Waals surface area contributed by atoms with Crippen molar-refractivity contribution in [3.8, 4) is 0 Å². The minimum absolute atomic E-state index is 0.00679. The van der Waals surface area contributed by atoms with Crippen LogP contribution in [0.3, 0.4) is 0 Å². The Morgan fingerprint density at radius 2 is 0.730 bits per heavy atom. The van der Waals surface area contributed by atoms with Gasteiger partial charge in [-0.2, -0.15) is 0 Å². The lowest BCUT2D eigenvalue weighted by Crippen LogP contribution is -2.62. The second-order valence-corrected chi connectivity index (χ2v) is 30.5. The first kappa shape index (κ1) is 112. The molecule has 14 unspecified atom stereocenters. The molecule has 0 aliphatic carbocycles. The second kappa shape index (κ2) is 67.4. The van der Waals surface area contributed by atoms with E-state index in [0.29, 0.717) is 25.8 Å². The van der Waals surface area contributed by atoms with Crippen LogP contribution in [-0.4, -0.2) is 381 Å². The monoisotopic (exact) mass is 1810 g/mol. The number of esters is 3. The summed E-state index contributed by atoms with van der Waals surface area (Å²) in [5, 5.41) is 68.6. The predicted octanol–water partition coefficient (Wildman–Crippen LogP) is -2.69. The van der Waals surface area contributed by atoms with Gasteiger partial charge in [-0.25, -0.2) is 4.79 Å². The van der Waals surface area contributed by atoms with E-state index in [-0.39, 0.29) is 266 Å². The number of hydrogen-bond acceptors (Lipinski definition) is 38. The van der Waals surface area contributed by atoms with E-state index in [1.54, 1.807) is 13.8 Å². The van der Waals surface area contributed by atoms with Crippen molar-refractivity contribution < 1.29 is 168 Å². The SMILES string of the molecule is CC(=O)OCC1CC(O)C(N)C(OCCOCCOCCNC(=O)CCOCC(COCCC(=O)NCCOCCOCCOC2OC(COC(C)=O)C(O)C(O)C2N)(COCCC(=O)NCCOCCOCCOC2OC(COC(C)=O)C(O)C(O)C2N)NC(=O)CCCCCCCCCCC(=O)NCCOC(C)(C)OCCNC(=O)OCc2ccccc2)O1. The highest BCUT2D eigenvalue weighted by Gasteiger charge is 2.46. The lowest BCUT2D eigenvalue weighted by atomic mass is 9.98. The Kier molecular flexibility index (Phi) is 59.7. The van der Waals surface area contributed by atoms with Gasteiger partial charge in [0.2, 0.25) is 29.5 Å². The Labute approximate surface area is 736 Å². The molecule has 3 saturated heterocycles. The summed E-state index contributed by atoms with van der Waals surface area (Å²) in [6.45, 7) is 8.90. The summed E-state index contributed by atoms with van der Waals surface area (Å²) in [6, 6.07) is 6.35. The molecule has 0 bridgehead atoms. The molecule has 3 heterocycles. The van der Waals surface area contributed by atoms with Gasteiger partial charge in [-0.15, -0.1) is 0 Å². The van der Waals surface area contributed by atoms with Gasteiger partial charge in [0.25, 0.3) is 0 Å². The van der Waals surface area contributed by atoms with E-state index >= 15 is 0 Å². The number of benzene rings is 1. The normalized spacial score (nSPS) is 22.4. The molecule has 0 radical (unpaired) electrons. The van der Waals surface area contributed by atoms with Crippen LogP contribution in [0.2, 0.25) is 0 Å². The highest BCUT2D eigenvalue weighted by Crippen LogP contribution is 2.25. The Balaban J connectivity index is 1.25. The van der Waals surface area contributed by atoms with Gasteiger partial charge in [0.1, 0.15) is 68.6 Å². The molecule has 44 nitrogen and oxygen atoms in total. The zero-order valence-corrected chi connectivity index (χ0v) is 73.7. The number of carbonyl (C=O) groups excluding carboxylic acids is 9. The molecule has 6 amide bonds. The van der Waals surface area contributed by atoms with Crippen molar-refractivity contribution >= 4 is 53.5 Å². The first-order valence-corrected chi connectivity index (χ1v) is 43.3. The van der Waals surface area contributed by atoms with Crippen molar-refractivity contribution in [2.24, 2.45) is 17.2 Å². The van der Waals surface area contributed by atoms with E-state index < -0.39 is 121 Å². The summed E-state index contributed by atoms with van der Waals surface area (Å²) < 4.78 is 117. The summed E-state index contributed by atoms with van der Waals surface area (Å²) >= 11 is 0. The molecule has 14 atom stereocenters. The maximum absolute atomic E-state index is 14.1. The maximum Gasteiger partial charge on any atom is 0.407 e. The van der Waals surface area contributed by atoms with Crippen LogP contribution in [0.15, 0.2) is 30.3 Å². The molecule has 3 aliphatic heterocycles. The number of unbranched alkanes of at least 4 members (excludes halogenated alkanes) is 7. The molecule has 3 aliphatic rings. The summed E-state index contributed by atoms with van der Waals surface area (Å²) in [4.78, 5) is 112. The second-order valence-electron chi connectivity index (χ2n) is 30.5. The largest absolute Gasteiger partial charge is 0.463 e. The quantitative estimate of drug-likeness (QED) is 0.0137. The Hall–Kier alpha value is -6.75. The third kappa shape index (κ3) is 52.2. The van der Waals surface area contributed by atoms with Crippen molar-refractivity contribution in [1.29, 1.82) is 0 Å². The number of ether oxygens (including phenoxy) is 21. The van der Waals surface area contributed by atoms with Crippen LogP contribution >= 0.6 is 0 Å².